The summed E-state index contributed by atoms with van der Waals surface area (Å²) in [6, 6.07) is 22.2. The van der Waals surface area contributed by atoms with Gasteiger partial charge in [0, 0.05) is 35.3 Å². The molecule has 0 saturated carbocycles. The first-order chi connectivity index (χ1) is 17.1. The molecule has 0 spiro atoms. The predicted octanol–water partition coefficient (Wildman–Crippen LogP) is 7.86. The highest BCUT2D eigenvalue weighted by atomic mass is 16.5. The molecule has 4 aromatic rings. The molecule has 35 heavy (non-hydrogen) atoms. The van der Waals surface area contributed by atoms with Crippen LogP contribution in [-0.4, -0.2) is 19.1 Å². The molecule has 1 aliphatic carbocycles. The van der Waals surface area contributed by atoms with Crippen molar-refractivity contribution in [2.24, 2.45) is 0 Å². The smallest absolute Gasteiger partial charge is 0.128 e. The second-order valence-electron chi connectivity index (χ2n) is 9.70. The second kappa shape index (κ2) is 9.73. The summed E-state index contributed by atoms with van der Waals surface area (Å²) in [5.41, 5.74) is 10.1. The highest BCUT2D eigenvalue weighted by Gasteiger charge is 2.31. The van der Waals surface area contributed by atoms with Crippen LogP contribution in [0.4, 0.5) is 5.69 Å². The third-order valence-corrected chi connectivity index (χ3v) is 7.72. The Morgan fingerprint density at radius 2 is 1.71 bits per heavy atom. The first-order valence-electron chi connectivity index (χ1n) is 13.0. The molecule has 0 fully saturated rings. The van der Waals surface area contributed by atoms with Crippen LogP contribution in [0, 0.1) is 6.92 Å². The summed E-state index contributed by atoms with van der Waals surface area (Å²) < 4.78 is 6.09. The zero-order valence-electron chi connectivity index (χ0n) is 21.7. The van der Waals surface area contributed by atoms with Crippen molar-refractivity contribution in [3.63, 3.8) is 0 Å². The van der Waals surface area contributed by atoms with E-state index in [1.807, 2.05) is 0 Å². The Kier molecular flexibility index (Phi) is 6.51. The number of pyridine rings is 1. The molecule has 0 bridgehead atoms. The number of benzene rings is 3. The summed E-state index contributed by atoms with van der Waals surface area (Å²) >= 11 is 0. The quantitative estimate of drug-likeness (QED) is 0.290. The van der Waals surface area contributed by atoms with Crippen molar-refractivity contribution < 1.29 is 4.74 Å². The molecule has 1 aromatic heterocycles. The average Bonchev–Trinajstić information content (AvgIpc) is 2.91. The van der Waals surface area contributed by atoms with Crippen molar-refractivity contribution in [2.45, 2.75) is 58.9 Å². The Hall–Kier alpha value is -3.33. The number of fused-ring (bicyclic) bond motifs is 2. The van der Waals surface area contributed by atoms with E-state index in [9.17, 15) is 0 Å². The molecule has 3 nitrogen and oxygen atoms in total. The summed E-state index contributed by atoms with van der Waals surface area (Å²) in [7, 11) is 4.05. The molecule has 0 aliphatic heterocycles. The largest absolute Gasteiger partial charge is 0.496 e. The average molecular weight is 465 g/mol. The van der Waals surface area contributed by atoms with Gasteiger partial charge in [0.1, 0.15) is 5.75 Å². The van der Waals surface area contributed by atoms with Gasteiger partial charge in [-0.05, 0) is 61.1 Å². The number of methoxy groups -OCH3 is 1. The standard InChI is InChI=1S/C32H36N2O/c1-6-22-13-10-14-23(7-2)30(22)27-20-29(35-5)31-26(33-27)16-11-17-28(31)34(4)32-21(3)18-19-24-12-8-9-15-25(24)32/h8-10,12-15,18-20,28H,6-7,11,16-17H2,1-5H3. The SMILES string of the molecule is CCc1cccc(CC)c1-c1cc(OC)c2c(n1)CCCC2N(C)c1c(C)ccc2ccccc12. The molecule has 0 radical (unpaired) electrons. The first kappa shape index (κ1) is 23.4. The van der Waals surface area contributed by atoms with Crippen LogP contribution in [0.15, 0.2) is 60.7 Å². The van der Waals surface area contributed by atoms with E-state index in [1.54, 1.807) is 7.11 Å². The Morgan fingerprint density at radius 1 is 0.971 bits per heavy atom. The molecule has 3 heteroatoms. The Balaban J connectivity index is 1.66. The van der Waals surface area contributed by atoms with Gasteiger partial charge >= 0.3 is 0 Å². The zero-order valence-corrected chi connectivity index (χ0v) is 21.7. The van der Waals surface area contributed by atoms with E-state index in [0.717, 1.165) is 43.5 Å². The fourth-order valence-corrected chi connectivity index (χ4v) is 5.98. The summed E-state index contributed by atoms with van der Waals surface area (Å²) in [5, 5.41) is 2.58. The Morgan fingerprint density at radius 3 is 2.43 bits per heavy atom. The number of hydrogen-bond donors (Lipinski definition) is 0. The van der Waals surface area contributed by atoms with Crippen molar-refractivity contribution in [3.8, 4) is 17.0 Å². The third-order valence-electron chi connectivity index (χ3n) is 7.72. The van der Waals surface area contributed by atoms with Gasteiger partial charge in [0.15, 0.2) is 0 Å². The maximum atomic E-state index is 6.09. The molecule has 1 heterocycles. The lowest BCUT2D eigenvalue weighted by Gasteiger charge is -2.37. The number of anilines is 1. The molecule has 0 saturated heterocycles. The molecule has 1 aliphatic rings. The summed E-state index contributed by atoms with van der Waals surface area (Å²) in [4.78, 5) is 7.78. The second-order valence-corrected chi connectivity index (χ2v) is 9.70. The molecule has 5 rings (SSSR count). The minimum Gasteiger partial charge on any atom is -0.496 e. The lowest BCUT2D eigenvalue weighted by Crippen LogP contribution is -2.29. The maximum Gasteiger partial charge on any atom is 0.128 e. The van der Waals surface area contributed by atoms with Crippen LogP contribution in [0.25, 0.3) is 22.0 Å². The highest BCUT2D eigenvalue weighted by molar-refractivity contribution is 5.96. The lowest BCUT2D eigenvalue weighted by atomic mass is 9.87. The van der Waals surface area contributed by atoms with E-state index >= 15 is 0 Å². The normalized spacial score (nSPS) is 15.2. The van der Waals surface area contributed by atoms with Crippen LogP contribution in [0.2, 0.25) is 0 Å². The van der Waals surface area contributed by atoms with E-state index in [1.165, 1.54) is 50.0 Å². The van der Waals surface area contributed by atoms with Crippen molar-refractivity contribution in [1.82, 2.24) is 4.98 Å². The Labute approximate surface area is 209 Å². The maximum absolute atomic E-state index is 6.09. The predicted molar refractivity (Wildman–Crippen MR) is 148 cm³/mol. The van der Waals surface area contributed by atoms with E-state index < -0.39 is 0 Å². The fourth-order valence-electron chi connectivity index (χ4n) is 5.98. The first-order valence-corrected chi connectivity index (χ1v) is 13.0. The number of hydrogen-bond acceptors (Lipinski definition) is 3. The van der Waals surface area contributed by atoms with Crippen LogP contribution in [0.1, 0.15) is 60.7 Å². The van der Waals surface area contributed by atoms with Gasteiger partial charge in [-0.2, -0.15) is 0 Å². The number of rotatable bonds is 6. The van der Waals surface area contributed by atoms with Crippen LogP contribution >= 0.6 is 0 Å². The molecule has 1 unspecified atom stereocenters. The topological polar surface area (TPSA) is 25.4 Å². The van der Waals surface area contributed by atoms with E-state index in [2.05, 4.69) is 93.4 Å². The van der Waals surface area contributed by atoms with E-state index in [4.69, 9.17) is 9.72 Å². The summed E-state index contributed by atoms with van der Waals surface area (Å²) in [6.07, 6.45) is 5.21. The van der Waals surface area contributed by atoms with E-state index in [-0.39, 0.29) is 6.04 Å². The number of ether oxygens (including phenoxy) is 1. The summed E-state index contributed by atoms with van der Waals surface area (Å²) in [5.74, 6) is 0.965. The van der Waals surface area contributed by atoms with Gasteiger partial charge in [0.2, 0.25) is 0 Å². The lowest BCUT2D eigenvalue weighted by molar-refractivity contribution is 0.395. The van der Waals surface area contributed by atoms with Crippen molar-refractivity contribution in [3.05, 3.63) is 88.6 Å². The van der Waals surface area contributed by atoms with Gasteiger partial charge < -0.3 is 9.64 Å². The van der Waals surface area contributed by atoms with Gasteiger partial charge in [-0.25, -0.2) is 0 Å². The van der Waals surface area contributed by atoms with E-state index in [0.29, 0.717) is 0 Å². The van der Waals surface area contributed by atoms with Gasteiger partial charge in [-0.3, -0.25) is 4.98 Å². The molecule has 0 amide bonds. The molecule has 3 aromatic carbocycles. The van der Waals surface area contributed by atoms with Crippen molar-refractivity contribution in [1.29, 1.82) is 0 Å². The third kappa shape index (κ3) is 4.07. The number of nitrogens with zero attached hydrogens (tertiary/aromatic N) is 2. The van der Waals surface area contributed by atoms with Gasteiger partial charge in [0.05, 0.1) is 24.5 Å². The molecule has 1 atom stereocenters. The van der Waals surface area contributed by atoms with Gasteiger partial charge in [-0.1, -0.05) is 68.4 Å². The van der Waals surface area contributed by atoms with Crippen LogP contribution < -0.4 is 9.64 Å². The minimum absolute atomic E-state index is 0.229. The monoisotopic (exact) mass is 464 g/mol. The fraction of sp³-hybridized carbons (Fsp3) is 0.344. The van der Waals surface area contributed by atoms with Gasteiger partial charge in [0.25, 0.3) is 0 Å². The Bertz CT molecular complexity index is 1330. The molecule has 180 valence electrons. The number of aromatic nitrogens is 1. The van der Waals surface area contributed by atoms with Crippen molar-refractivity contribution >= 4 is 16.5 Å². The highest BCUT2D eigenvalue weighted by Crippen LogP contribution is 2.44. The molecule has 0 N–H and O–H groups in total. The molecular formula is C32H36N2O. The number of aryl methyl sites for hydroxylation is 4. The summed E-state index contributed by atoms with van der Waals surface area (Å²) in [6.45, 7) is 6.67. The zero-order chi connectivity index (χ0) is 24.5. The molecular weight excluding hydrogens is 428 g/mol. The van der Waals surface area contributed by atoms with Gasteiger partial charge in [-0.15, -0.1) is 0 Å². The van der Waals surface area contributed by atoms with Crippen LogP contribution in [0.5, 0.6) is 5.75 Å². The van der Waals surface area contributed by atoms with Crippen LogP contribution in [0.3, 0.4) is 0 Å². The van der Waals surface area contributed by atoms with Crippen molar-refractivity contribution in [2.75, 3.05) is 19.1 Å². The van der Waals surface area contributed by atoms with Crippen LogP contribution in [-0.2, 0) is 19.3 Å². The minimum atomic E-state index is 0.229.